The number of rotatable bonds is 3. The summed E-state index contributed by atoms with van der Waals surface area (Å²) in [6, 6.07) is 60.6. The Morgan fingerprint density at radius 3 is 1.58 bits per heavy atom. The van der Waals surface area contributed by atoms with E-state index in [9.17, 15) is 0 Å². The van der Waals surface area contributed by atoms with Gasteiger partial charge in [0.1, 0.15) is 16.7 Å². The zero-order valence-electron chi connectivity index (χ0n) is 27.9. The molecule has 12 aromatic rings. The number of benzene rings is 8. The van der Waals surface area contributed by atoms with E-state index >= 15 is 0 Å². The Bertz CT molecular complexity index is 3370. The second-order valence-corrected chi connectivity index (χ2v) is 13.7. The third kappa shape index (κ3) is 3.75. The van der Waals surface area contributed by atoms with E-state index in [1.54, 1.807) is 0 Å². The molecule has 8 aromatic carbocycles. The van der Waals surface area contributed by atoms with E-state index in [0.29, 0.717) is 0 Å². The van der Waals surface area contributed by atoms with E-state index in [1.807, 2.05) is 12.1 Å². The van der Waals surface area contributed by atoms with Crippen molar-refractivity contribution < 1.29 is 8.83 Å². The van der Waals surface area contributed by atoms with Crippen LogP contribution in [0.25, 0.3) is 110 Å². The van der Waals surface area contributed by atoms with Crippen LogP contribution in [-0.4, -0.2) is 9.13 Å². The van der Waals surface area contributed by atoms with Gasteiger partial charge >= 0.3 is 0 Å². The van der Waals surface area contributed by atoms with Gasteiger partial charge in [-0.1, -0.05) is 97.1 Å². The highest BCUT2D eigenvalue weighted by atomic mass is 16.3. The molecular formula is C48H28N2O2. The van der Waals surface area contributed by atoms with Crippen molar-refractivity contribution >= 4 is 87.5 Å². The van der Waals surface area contributed by atoms with Crippen molar-refractivity contribution in [3.8, 4) is 22.5 Å². The first-order valence-corrected chi connectivity index (χ1v) is 17.7. The van der Waals surface area contributed by atoms with Crippen molar-refractivity contribution in [2.24, 2.45) is 0 Å². The summed E-state index contributed by atoms with van der Waals surface area (Å²) >= 11 is 0. The topological polar surface area (TPSA) is 36.1 Å². The van der Waals surface area contributed by atoms with E-state index < -0.39 is 0 Å². The van der Waals surface area contributed by atoms with Crippen molar-refractivity contribution in [1.82, 2.24) is 9.13 Å². The molecular weight excluding hydrogens is 637 g/mol. The summed E-state index contributed by atoms with van der Waals surface area (Å²) in [5.74, 6) is 0. The molecule has 0 fully saturated rings. The average Bonchev–Trinajstić information content (AvgIpc) is 3.95. The van der Waals surface area contributed by atoms with E-state index in [4.69, 9.17) is 8.83 Å². The fraction of sp³-hybridized carbons (Fsp3) is 0. The normalized spacial score (nSPS) is 12.2. The average molecular weight is 665 g/mol. The Labute approximate surface area is 296 Å². The first-order valence-electron chi connectivity index (χ1n) is 17.7. The maximum absolute atomic E-state index is 6.51. The Morgan fingerprint density at radius 2 is 0.827 bits per heavy atom. The SMILES string of the molecule is c1ccc2c(c1)oc1c(-n3c4ccccc4c4cc(-c5ccc6oc7ccc(-n8c9ccccc9c9ccccc98)cc7c6c5)ccc43)cccc12. The van der Waals surface area contributed by atoms with Crippen LogP contribution in [0, 0.1) is 0 Å². The van der Waals surface area contributed by atoms with Crippen LogP contribution in [0.4, 0.5) is 0 Å². The minimum absolute atomic E-state index is 0.884. The zero-order valence-corrected chi connectivity index (χ0v) is 27.9. The molecule has 0 saturated heterocycles. The highest BCUT2D eigenvalue weighted by Crippen LogP contribution is 2.41. The molecule has 0 spiro atoms. The molecule has 4 nitrogen and oxygen atoms in total. The molecule has 0 radical (unpaired) electrons. The van der Waals surface area contributed by atoms with Gasteiger partial charge in [0.05, 0.1) is 27.8 Å². The van der Waals surface area contributed by atoms with Crippen LogP contribution in [0.3, 0.4) is 0 Å². The molecule has 0 atom stereocenters. The minimum atomic E-state index is 0.884. The third-order valence-corrected chi connectivity index (χ3v) is 10.9. The highest BCUT2D eigenvalue weighted by Gasteiger charge is 2.19. The number of hydrogen-bond acceptors (Lipinski definition) is 2. The third-order valence-electron chi connectivity index (χ3n) is 10.9. The summed E-state index contributed by atoms with van der Waals surface area (Å²) in [5.41, 5.74) is 12.7. The van der Waals surface area contributed by atoms with Crippen molar-refractivity contribution in [3.05, 3.63) is 170 Å². The molecule has 0 aliphatic rings. The van der Waals surface area contributed by atoms with Gasteiger partial charge < -0.3 is 18.0 Å². The number of fused-ring (bicyclic) bond motifs is 12. The molecule has 0 N–H and O–H groups in total. The zero-order chi connectivity index (χ0) is 33.9. The van der Waals surface area contributed by atoms with Crippen LogP contribution in [-0.2, 0) is 0 Å². The van der Waals surface area contributed by atoms with Gasteiger partial charge in [-0.3, -0.25) is 0 Å². The maximum Gasteiger partial charge on any atom is 0.159 e. The lowest BCUT2D eigenvalue weighted by molar-refractivity contribution is 0.666. The van der Waals surface area contributed by atoms with Crippen LogP contribution < -0.4 is 0 Å². The molecule has 52 heavy (non-hydrogen) atoms. The Morgan fingerprint density at radius 1 is 0.308 bits per heavy atom. The smallest absolute Gasteiger partial charge is 0.159 e. The van der Waals surface area contributed by atoms with E-state index in [-0.39, 0.29) is 0 Å². The van der Waals surface area contributed by atoms with Crippen molar-refractivity contribution in [2.75, 3.05) is 0 Å². The molecule has 0 bridgehead atoms. The minimum Gasteiger partial charge on any atom is -0.456 e. The van der Waals surface area contributed by atoms with Crippen LogP contribution >= 0.6 is 0 Å². The van der Waals surface area contributed by atoms with E-state index in [1.165, 1.54) is 32.6 Å². The van der Waals surface area contributed by atoms with Gasteiger partial charge in [-0.05, 0) is 83.9 Å². The molecule has 4 aromatic heterocycles. The Hall–Kier alpha value is -7.04. The number of furan rings is 2. The van der Waals surface area contributed by atoms with Gasteiger partial charge in [-0.2, -0.15) is 0 Å². The second-order valence-electron chi connectivity index (χ2n) is 13.7. The predicted octanol–water partition coefficient (Wildman–Crippen LogP) is 13.3. The van der Waals surface area contributed by atoms with Crippen molar-refractivity contribution in [1.29, 1.82) is 0 Å². The lowest BCUT2D eigenvalue weighted by Gasteiger charge is -2.09. The van der Waals surface area contributed by atoms with Crippen LogP contribution in [0.1, 0.15) is 0 Å². The molecule has 4 heteroatoms. The lowest BCUT2D eigenvalue weighted by Crippen LogP contribution is -1.94. The fourth-order valence-electron chi connectivity index (χ4n) is 8.61. The largest absolute Gasteiger partial charge is 0.456 e. The predicted molar refractivity (Wildman–Crippen MR) is 215 cm³/mol. The molecule has 242 valence electrons. The molecule has 12 rings (SSSR count). The van der Waals surface area contributed by atoms with Gasteiger partial charge in [-0.25, -0.2) is 0 Å². The first kappa shape index (κ1) is 27.7. The molecule has 0 saturated carbocycles. The highest BCUT2D eigenvalue weighted by molar-refractivity contribution is 6.14. The molecule has 0 aliphatic heterocycles. The van der Waals surface area contributed by atoms with Gasteiger partial charge in [0, 0.05) is 48.8 Å². The first-order chi connectivity index (χ1) is 25.8. The van der Waals surface area contributed by atoms with Crippen LogP contribution in [0.15, 0.2) is 179 Å². The number of aromatic nitrogens is 2. The van der Waals surface area contributed by atoms with Crippen LogP contribution in [0.5, 0.6) is 0 Å². The van der Waals surface area contributed by atoms with E-state index in [0.717, 1.165) is 77.4 Å². The molecule has 0 aliphatic carbocycles. The summed E-state index contributed by atoms with van der Waals surface area (Å²) in [4.78, 5) is 0. The van der Waals surface area contributed by atoms with Gasteiger partial charge in [0.25, 0.3) is 0 Å². The van der Waals surface area contributed by atoms with Gasteiger partial charge in [0.2, 0.25) is 0 Å². The standard InChI is InChI=1S/C48H28N2O2/c1-5-15-40-32(10-1)33-11-2-6-16-41(33)49(40)31-22-25-47-39(28-31)38-27-30(21-24-46(38)51-47)29-20-23-43-37(26-29)34-12-3-7-17-42(34)50(43)44-18-9-14-36-35-13-4-8-19-45(35)52-48(36)44/h1-28H. The second kappa shape index (κ2) is 10.3. The number of nitrogens with zero attached hydrogens (tertiary/aromatic N) is 2. The summed E-state index contributed by atoms with van der Waals surface area (Å²) < 4.78 is 17.6. The summed E-state index contributed by atoms with van der Waals surface area (Å²) in [6.45, 7) is 0. The fourth-order valence-corrected chi connectivity index (χ4v) is 8.61. The number of hydrogen-bond donors (Lipinski definition) is 0. The molecule has 0 amide bonds. The summed E-state index contributed by atoms with van der Waals surface area (Å²) in [5, 5.41) is 9.38. The quantitative estimate of drug-likeness (QED) is 0.188. The lowest BCUT2D eigenvalue weighted by atomic mass is 10.0. The summed E-state index contributed by atoms with van der Waals surface area (Å²) in [7, 11) is 0. The van der Waals surface area contributed by atoms with Gasteiger partial charge in [0.15, 0.2) is 5.58 Å². The maximum atomic E-state index is 6.51. The van der Waals surface area contributed by atoms with Crippen molar-refractivity contribution in [2.45, 2.75) is 0 Å². The Kier molecular flexibility index (Phi) is 5.47. The molecule has 4 heterocycles. The number of para-hydroxylation sites is 5. The summed E-state index contributed by atoms with van der Waals surface area (Å²) in [6.07, 6.45) is 0. The van der Waals surface area contributed by atoms with Crippen LogP contribution in [0.2, 0.25) is 0 Å². The molecule has 0 unspecified atom stereocenters. The van der Waals surface area contributed by atoms with E-state index in [2.05, 4.69) is 167 Å². The Balaban J connectivity index is 1.04. The monoisotopic (exact) mass is 664 g/mol. The van der Waals surface area contributed by atoms with Gasteiger partial charge in [-0.15, -0.1) is 0 Å². The van der Waals surface area contributed by atoms with Crippen molar-refractivity contribution in [3.63, 3.8) is 0 Å².